The second-order valence-electron chi connectivity index (χ2n) is 7.98. The maximum atomic E-state index is 14.8. The van der Waals surface area contributed by atoms with Gasteiger partial charge in [-0.05, 0) is 31.0 Å². The van der Waals surface area contributed by atoms with Crippen LogP contribution in [0.5, 0.6) is 0 Å². The van der Waals surface area contributed by atoms with Crippen LogP contribution in [0.1, 0.15) is 12.8 Å². The standard InChI is InChI=1S/C18H23FN4O3.C2HF3O2/c19-15-9-13(21-6-3-12(4-7-21)17(24)25)1-2-16(15)23-11-14-10-20-5-8-22(14)18(23)26;3-2(4,5)1(6)7/h1-2,9,12,14,20H,3-8,10-11H2,(H,24,25);(H,6,7)/t14-;/m0./s1. The number of benzene rings is 1. The molecule has 1 aromatic carbocycles. The minimum absolute atomic E-state index is 0.0883. The lowest BCUT2D eigenvalue weighted by Gasteiger charge is -2.32. The molecule has 1 atom stereocenters. The third-order valence-electron chi connectivity index (χ3n) is 5.89. The zero-order chi connectivity index (χ0) is 24.3. The number of piperidine rings is 1. The lowest BCUT2D eigenvalue weighted by atomic mass is 9.97. The highest BCUT2D eigenvalue weighted by atomic mass is 19.4. The van der Waals surface area contributed by atoms with E-state index in [1.807, 2.05) is 11.0 Å². The molecule has 13 heteroatoms. The molecule has 33 heavy (non-hydrogen) atoms. The average Bonchev–Trinajstić information content (AvgIpc) is 3.10. The highest BCUT2D eigenvalue weighted by molar-refractivity contribution is 5.95. The first-order valence-electron chi connectivity index (χ1n) is 10.3. The summed E-state index contributed by atoms with van der Waals surface area (Å²) < 4.78 is 46.5. The molecule has 0 bridgehead atoms. The quantitative estimate of drug-likeness (QED) is 0.572. The van der Waals surface area contributed by atoms with E-state index in [4.69, 9.17) is 15.0 Å². The van der Waals surface area contributed by atoms with E-state index < -0.39 is 23.9 Å². The van der Waals surface area contributed by atoms with Crippen LogP contribution < -0.4 is 15.1 Å². The third-order valence-corrected chi connectivity index (χ3v) is 5.89. The van der Waals surface area contributed by atoms with Crippen molar-refractivity contribution in [3.63, 3.8) is 0 Å². The SMILES string of the molecule is O=C(O)C(F)(F)F.O=C(O)C1CCN(c2ccc(N3C[C@@H]4CNCCN4C3=O)c(F)c2)CC1. The highest BCUT2D eigenvalue weighted by Crippen LogP contribution is 2.31. The summed E-state index contributed by atoms with van der Waals surface area (Å²) in [6.45, 7) is 3.84. The Balaban J connectivity index is 0.000000383. The number of fused-ring (bicyclic) bond motifs is 1. The zero-order valence-electron chi connectivity index (χ0n) is 17.5. The number of urea groups is 1. The van der Waals surface area contributed by atoms with Gasteiger partial charge in [-0.2, -0.15) is 13.2 Å². The van der Waals surface area contributed by atoms with Crippen LogP contribution in [0.15, 0.2) is 18.2 Å². The Morgan fingerprint density at radius 1 is 1.09 bits per heavy atom. The summed E-state index contributed by atoms with van der Waals surface area (Å²) in [7, 11) is 0. The van der Waals surface area contributed by atoms with Crippen LogP contribution in [0.3, 0.4) is 0 Å². The van der Waals surface area contributed by atoms with Crippen molar-refractivity contribution in [1.29, 1.82) is 0 Å². The smallest absolute Gasteiger partial charge is 0.481 e. The molecular weight excluding hydrogens is 452 g/mol. The fourth-order valence-electron chi connectivity index (χ4n) is 4.12. The van der Waals surface area contributed by atoms with Gasteiger partial charge >= 0.3 is 24.1 Å². The molecule has 3 heterocycles. The van der Waals surface area contributed by atoms with E-state index in [1.165, 1.54) is 11.0 Å². The molecule has 3 aliphatic rings. The normalized spacial score (nSPS) is 21.4. The minimum Gasteiger partial charge on any atom is -0.481 e. The minimum atomic E-state index is -5.08. The van der Waals surface area contributed by atoms with Crippen molar-refractivity contribution in [1.82, 2.24) is 10.2 Å². The molecule has 3 N–H and O–H groups in total. The molecule has 0 aliphatic carbocycles. The van der Waals surface area contributed by atoms with E-state index in [0.29, 0.717) is 44.7 Å². The number of hydrogen-bond acceptors (Lipinski definition) is 5. The van der Waals surface area contributed by atoms with E-state index in [1.54, 1.807) is 11.0 Å². The van der Waals surface area contributed by atoms with Crippen LogP contribution in [0.25, 0.3) is 0 Å². The number of alkyl halides is 3. The summed E-state index contributed by atoms with van der Waals surface area (Å²) in [5.41, 5.74) is 1.05. The molecule has 3 fully saturated rings. The Morgan fingerprint density at radius 2 is 1.73 bits per heavy atom. The van der Waals surface area contributed by atoms with Gasteiger partial charge in [0.1, 0.15) is 5.82 Å². The molecule has 3 aliphatic heterocycles. The van der Waals surface area contributed by atoms with Crippen LogP contribution in [0.4, 0.5) is 33.7 Å². The fourth-order valence-corrected chi connectivity index (χ4v) is 4.12. The monoisotopic (exact) mass is 476 g/mol. The number of carboxylic acid groups (broad SMARTS) is 2. The van der Waals surface area contributed by atoms with Gasteiger partial charge in [-0.3, -0.25) is 9.69 Å². The molecule has 9 nitrogen and oxygen atoms in total. The molecule has 182 valence electrons. The number of aliphatic carboxylic acids is 2. The Bertz CT molecular complexity index is 905. The molecule has 0 aromatic heterocycles. The number of hydrogen-bond donors (Lipinski definition) is 3. The zero-order valence-corrected chi connectivity index (χ0v) is 17.5. The van der Waals surface area contributed by atoms with Crippen molar-refractivity contribution < 1.29 is 42.2 Å². The van der Waals surface area contributed by atoms with Gasteiger partial charge in [0.05, 0.1) is 17.6 Å². The number of carbonyl (C=O) groups excluding carboxylic acids is 1. The molecule has 2 amide bonds. The molecule has 0 saturated carbocycles. The first-order chi connectivity index (χ1) is 15.5. The van der Waals surface area contributed by atoms with Crippen LogP contribution in [0, 0.1) is 11.7 Å². The Hall–Kier alpha value is -3.09. The average molecular weight is 476 g/mol. The van der Waals surface area contributed by atoms with Gasteiger partial charge in [-0.1, -0.05) is 0 Å². The summed E-state index contributed by atoms with van der Waals surface area (Å²) in [4.78, 5) is 37.9. The maximum Gasteiger partial charge on any atom is 0.490 e. The van der Waals surface area contributed by atoms with Gasteiger partial charge in [-0.25, -0.2) is 14.0 Å². The summed E-state index contributed by atoms with van der Waals surface area (Å²) in [6.07, 6.45) is -3.96. The van der Waals surface area contributed by atoms with Gasteiger partial charge in [0.15, 0.2) is 0 Å². The summed E-state index contributed by atoms with van der Waals surface area (Å²) in [5.74, 6) is -4.25. The van der Waals surface area contributed by atoms with Crippen LogP contribution in [0.2, 0.25) is 0 Å². The molecule has 0 spiro atoms. The van der Waals surface area contributed by atoms with E-state index >= 15 is 0 Å². The molecule has 1 aromatic rings. The fraction of sp³-hybridized carbons (Fsp3) is 0.550. The summed E-state index contributed by atoms with van der Waals surface area (Å²) in [6, 6.07) is 4.90. The lowest BCUT2D eigenvalue weighted by molar-refractivity contribution is -0.192. The van der Waals surface area contributed by atoms with Gasteiger partial charge in [0.25, 0.3) is 0 Å². The summed E-state index contributed by atoms with van der Waals surface area (Å²) >= 11 is 0. The Kier molecular flexibility index (Phi) is 7.30. The number of carboxylic acids is 2. The second kappa shape index (κ2) is 9.81. The van der Waals surface area contributed by atoms with E-state index in [-0.39, 0.29) is 18.0 Å². The van der Waals surface area contributed by atoms with Crippen LogP contribution in [-0.4, -0.2) is 84.6 Å². The molecule has 3 saturated heterocycles. The van der Waals surface area contributed by atoms with Gasteiger partial charge in [-0.15, -0.1) is 0 Å². The van der Waals surface area contributed by atoms with Crippen molar-refractivity contribution in [3.8, 4) is 0 Å². The molecule has 4 rings (SSSR count). The lowest BCUT2D eigenvalue weighted by Crippen LogP contribution is -2.49. The van der Waals surface area contributed by atoms with Crippen molar-refractivity contribution in [2.24, 2.45) is 5.92 Å². The number of rotatable bonds is 3. The first kappa shape index (κ1) is 24.6. The number of carbonyl (C=O) groups is 3. The first-order valence-corrected chi connectivity index (χ1v) is 10.3. The third kappa shape index (κ3) is 5.64. The van der Waals surface area contributed by atoms with Crippen LogP contribution in [-0.2, 0) is 9.59 Å². The topological polar surface area (TPSA) is 113 Å². The van der Waals surface area contributed by atoms with E-state index in [2.05, 4.69) is 5.32 Å². The number of nitrogens with one attached hydrogen (secondary N) is 1. The van der Waals surface area contributed by atoms with Crippen molar-refractivity contribution in [2.45, 2.75) is 25.1 Å². The van der Waals surface area contributed by atoms with Crippen molar-refractivity contribution in [2.75, 3.05) is 49.1 Å². The van der Waals surface area contributed by atoms with Gasteiger partial charge in [0.2, 0.25) is 0 Å². The summed E-state index contributed by atoms with van der Waals surface area (Å²) in [5, 5.41) is 19.5. The van der Waals surface area contributed by atoms with Crippen LogP contribution >= 0.6 is 0 Å². The number of nitrogens with zero attached hydrogens (tertiary/aromatic N) is 3. The molecular formula is C20H24F4N4O5. The van der Waals surface area contributed by atoms with E-state index in [0.717, 1.165) is 18.8 Å². The number of halogens is 4. The number of anilines is 2. The molecule has 0 radical (unpaired) electrons. The predicted molar refractivity (Wildman–Crippen MR) is 109 cm³/mol. The number of piperazine rings is 1. The largest absolute Gasteiger partial charge is 0.490 e. The van der Waals surface area contributed by atoms with E-state index in [9.17, 15) is 27.2 Å². The second-order valence-corrected chi connectivity index (χ2v) is 7.98. The Labute approximate surface area is 186 Å². The van der Waals surface area contributed by atoms with Crippen molar-refractivity contribution in [3.05, 3.63) is 24.0 Å². The predicted octanol–water partition coefficient (Wildman–Crippen LogP) is 1.97. The maximum absolute atomic E-state index is 14.8. The number of amides is 2. The van der Waals surface area contributed by atoms with Gasteiger partial charge in [0, 0.05) is 45.0 Å². The van der Waals surface area contributed by atoms with Gasteiger partial charge < -0.3 is 25.3 Å². The Morgan fingerprint density at radius 3 is 2.24 bits per heavy atom. The van der Waals surface area contributed by atoms with Crippen molar-refractivity contribution >= 4 is 29.3 Å². The highest BCUT2D eigenvalue weighted by Gasteiger charge is 2.40. The molecule has 0 unspecified atom stereocenters.